The number of rotatable bonds is 6. The smallest absolute Gasteiger partial charge is 0.284 e. The first-order valence-electron chi connectivity index (χ1n) is 10.1. The first-order valence-corrected chi connectivity index (χ1v) is 12.8. The summed E-state index contributed by atoms with van der Waals surface area (Å²) in [6.07, 6.45) is 5.12. The molecule has 31 heavy (non-hydrogen) atoms. The van der Waals surface area contributed by atoms with Crippen LogP contribution in [0.3, 0.4) is 0 Å². The Kier molecular flexibility index (Phi) is 7.30. The standard InChI is InChI=1S/C21H26N4O4S2/c1-14-19(20(27)24-31(2,28)29)23-21(30-14)25(17-9-7-15(12-22)8-10-17)13-16-5-3-4-6-18(26)11-16/h7-10,16,18,26H,3-6,11,13H2,1-2H3,(H,24,27)/t16-,18-/m1/s1. The number of carbonyl (C=O) groups is 1. The Bertz CT molecular complexity index is 1070. The van der Waals surface area contributed by atoms with Crippen molar-refractivity contribution in [1.82, 2.24) is 9.71 Å². The number of carbonyl (C=O) groups excluding carboxylic acids is 1. The molecule has 1 saturated carbocycles. The molecular weight excluding hydrogens is 436 g/mol. The number of thiazole rings is 1. The molecule has 2 N–H and O–H groups in total. The van der Waals surface area contributed by atoms with Gasteiger partial charge in [0.05, 0.1) is 24.0 Å². The van der Waals surface area contributed by atoms with Crippen molar-refractivity contribution in [3.05, 3.63) is 40.4 Å². The Morgan fingerprint density at radius 2 is 2.00 bits per heavy atom. The highest BCUT2D eigenvalue weighted by Gasteiger charge is 2.26. The van der Waals surface area contributed by atoms with Crippen LogP contribution in [0, 0.1) is 24.2 Å². The van der Waals surface area contributed by atoms with Crippen LogP contribution in [-0.4, -0.2) is 43.3 Å². The largest absolute Gasteiger partial charge is 0.393 e. The maximum atomic E-state index is 12.4. The number of hydrogen-bond acceptors (Lipinski definition) is 8. The number of nitrogens with zero attached hydrogens (tertiary/aromatic N) is 3. The Labute approximate surface area is 186 Å². The zero-order valence-corrected chi connectivity index (χ0v) is 19.2. The number of benzene rings is 1. The number of sulfonamides is 1. The van der Waals surface area contributed by atoms with Gasteiger partial charge in [-0.2, -0.15) is 5.26 Å². The van der Waals surface area contributed by atoms with Crippen molar-refractivity contribution in [2.24, 2.45) is 5.92 Å². The second-order valence-electron chi connectivity index (χ2n) is 7.91. The monoisotopic (exact) mass is 462 g/mol. The van der Waals surface area contributed by atoms with Crippen molar-refractivity contribution in [2.75, 3.05) is 17.7 Å². The predicted molar refractivity (Wildman–Crippen MR) is 120 cm³/mol. The summed E-state index contributed by atoms with van der Waals surface area (Å²) in [6.45, 7) is 2.33. The summed E-state index contributed by atoms with van der Waals surface area (Å²) in [4.78, 5) is 19.4. The molecule has 8 nitrogen and oxygen atoms in total. The molecule has 1 aromatic carbocycles. The molecule has 1 aromatic heterocycles. The second kappa shape index (κ2) is 9.77. The van der Waals surface area contributed by atoms with Gasteiger partial charge in [-0.1, -0.05) is 12.8 Å². The predicted octanol–water partition coefficient (Wildman–Crippen LogP) is 3.09. The highest BCUT2D eigenvalue weighted by Crippen LogP contribution is 2.35. The molecule has 0 saturated heterocycles. The zero-order valence-electron chi connectivity index (χ0n) is 17.5. The lowest BCUT2D eigenvalue weighted by molar-refractivity contribution is 0.0977. The van der Waals surface area contributed by atoms with E-state index in [9.17, 15) is 18.3 Å². The van der Waals surface area contributed by atoms with Crippen LogP contribution in [0.1, 0.15) is 53.0 Å². The number of aliphatic hydroxyl groups excluding tert-OH is 1. The molecule has 1 aliphatic carbocycles. The Morgan fingerprint density at radius 3 is 2.65 bits per heavy atom. The van der Waals surface area contributed by atoms with E-state index < -0.39 is 15.9 Å². The number of anilines is 2. The number of aromatic nitrogens is 1. The van der Waals surface area contributed by atoms with Gasteiger partial charge < -0.3 is 10.0 Å². The summed E-state index contributed by atoms with van der Waals surface area (Å²) < 4.78 is 24.9. The van der Waals surface area contributed by atoms with Gasteiger partial charge >= 0.3 is 0 Å². The van der Waals surface area contributed by atoms with E-state index in [0.717, 1.165) is 37.6 Å². The third-order valence-electron chi connectivity index (χ3n) is 5.26. The van der Waals surface area contributed by atoms with Crippen LogP contribution in [0.5, 0.6) is 0 Å². The minimum atomic E-state index is -3.70. The van der Waals surface area contributed by atoms with E-state index in [0.29, 0.717) is 28.5 Å². The second-order valence-corrected chi connectivity index (χ2v) is 10.8. The molecule has 1 heterocycles. The summed E-state index contributed by atoms with van der Waals surface area (Å²) in [5, 5.41) is 19.9. The fraction of sp³-hybridized carbons (Fsp3) is 0.476. The molecule has 1 fully saturated rings. The lowest BCUT2D eigenvalue weighted by Crippen LogP contribution is -2.30. The molecule has 2 aromatic rings. The highest BCUT2D eigenvalue weighted by atomic mass is 32.2. The van der Waals surface area contributed by atoms with Gasteiger partial charge in [0.1, 0.15) is 5.69 Å². The molecule has 166 valence electrons. The van der Waals surface area contributed by atoms with Crippen molar-refractivity contribution in [2.45, 2.75) is 45.1 Å². The molecule has 0 spiro atoms. The van der Waals surface area contributed by atoms with Crippen molar-refractivity contribution >= 4 is 38.1 Å². The fourth-order valence-corrected chi connectivity index (χ4v) is 5.16. The number of aryl methyl sites for hydroxylation is 1. The quantitative estimate of drug-likeness (QED) is 0.632. The number of nitriles is 1. The number of nitrogens with one attached hydrogen (secondary N) is 1. The topological polar surface area (TPSA) is 123 Å². The molecule has 2 atom stereocenters. The SMILES string of the molecule is Cc1sc(N(C[C@@H]2CCCC[C@@H](O)C2)c2ccc(C#N)cc2)nc1C(=O)NS(C)(=O)=O. The van der Waals surface area contributed by atoms with Crippen molar-refractivity contribution < 1.29 is 18.3 Å². The van der Waals surface area contributed by atoms with E-state index in [2.05, 4.69) is 11.1 Å². The fourth-order valence-electron chi connectivity index (χ4n) is 3.79. The maximum absolute atomic E-state index is 12.4. The van der Waals surface area contributed by atoms with E-state index in [1.54, 1.807) is 19.1 Å². The van der Waals surface area contributed by atoms with Gasteiger partial charge in [0, 0.05) is 17.1 Å². The van der Waals surface area contributed by atoms with E-state index in [1.165, 1.54) is 11.3 Å². The molecule has 1 amide bonds. The molecule has 0 radical (unpaired) electrons. The van der Waals surface area contributed by atoms with Crippen molar-refractivity contribution in [3.63, 3.8) is 0 Å². The molecule has 1 aliphatic rings. The van der Waals surface area contributed by atoms with Gasteiger partial charge in [0.25, 0.3) is 5.91 Å². The average Bonchev–Trinajstić information content (AvgIpc) is 2.96. The van der Waals surface area contributed by atoms with Crippen LogP contribution in [0.15, 0.2) is 24.3 Å². The van der Waals surface area contributed by atoms with Crippen molar-refractivity contribution in [3.8, 4) is 6.07 Å². The summed E-state index contributed by atoms with van der Waals surface area (Å²) >= 11 is 1.31. The Balaban J connectivity index is 1.94. The van der Waals surface area contributed by atoms with Crippen LogP contribution >= 0.6 is 11.3 Å². The molecule has 10 heteroatoms. The lowest BCUT2D eigenvalue weighted by atomic mass is 9.98. The van der Waals surface area contributed by atoms with Gasteiger partial charge in [0.2, 0.25) is 10.0 Å². The third kappa shape index (κ3) is 6.26. The summed E-state index contributed by atoms with van der Waals surface area (Å²) in [5.41, 5.74) is 1.43. The minimum absolute atomic E-state index is 0.0740. The summed E-state index contributed by atoms with van der Waals surface area (Å²) in [6, 6.07) is 9.22. The molecule has 3 rings (SSSR count). The number of aliphatic hydroxyl groups is 1. The van der Waals surface area contributed by atoms with Gasteiger partial charge in [-0.3, -0.25) is 4.79 Å². The van der Waals surface area contributed by atoms with Crippen LogP contribution in [0.4, 0.5) is 10.8 Å². The molecular formula is C21H26N4O4S2. The van der Waals surface area contributed by atoms with Crippen molar-refractivity contribution in [1.29, 1.82) is 5.26 Å². The molecule has 0 bridgehead atoms. The van der Waals surface area contributed by atoms with Crippen LogP contribution in [-0.2, 0) is 10.0 Å². The summed E-state index contributed by atoms with van der Waals surface area (Å²) in [5.74, 6) is -0.516. The van der Waals surface area contributed by atoms with Crippen LogP contribution in [0.25, 0.3) is 0 Å². The maximum Gasteiger partial charge on any atom is 0.284 e. The Hall–Kier alpha value is -2.48. The number of amides is 1. The lowest BCUT2D eigenvalue weighted by Gasteiger charge is -2.27. The van der Waals surface area contributed by atoms with Crippen LogP contribution < -0.4 is 9.62 Å². The Morgan fingerprint density at radius 1 is 1.32 bits per heavy atom. The van der Waals surface area contributed by atoms with E-state index in [1.807, 2.05) is 21.8 Å². The molecule has 0 unspecified atom stereocenters. The highest BCUT2D eigenvalue weighted by molar-refractivity contribution is 7.89. The van der Waals surface area contributed by atoms with Gasteiger partial charge in [-0.05, 0) is 56.4 Å². The molecule has 0 aliphatic heterocycles. The third-order valence-corrected chi connectivity index (χ3v) is 6.81. The first-order chi connectivity index (χ1) is 14.7. The van der Waals surface area contributed by atoms with Crippen LogP contribution in [0.2, 0.25) is 0 Å². The van der Waals surface area contributed by atoms with Gasteiger partial charge in [0.15, 0.2) is 5.13 Å². The number of hydrogen-bond donors (Lipinski definition) is 2. The zero-order chi connectivity index (χ0) is 22.6. The van der Waals surface area contributed by atoms with E-state index >= 15 is 0 Å². The van der Waals surface area contributed by atoms with Gasteiger partial charge in [-0.15, -0.1) is 11.3 Å². The van der Waals surface area contributed by atoms with E-state index in [-0.39, 0.29) is 17.7 Å². The summed E-state index contributed by atoms with van der Waals surface area (Å²) in [7, 11) is -3.70. The van der Waals surface area contributed by atoms with Gasteiger partial charge in [-0.25, -0.2) is 18.1 Å². The van der Waals surface area contributed by atoms with E-state index in [4.69, 9.17) is 5.26 Å². The average molecular weight is 463 g/mol. The minimum Gasteiger partial charge on any atom is -0.393 e. The first kappa shape index (κ1) is 23.2. The normalized spacial score (nSPS) is 19.3.